The minimum Gasteiger partial charge on any atom is -0.310 e. The van der Waals surface area contributed by atoms with Gasteiger partial charge in [0.05, 0.1) is 14.0 Å². The van der Waals surface area contributed by atoms with Crippen LogP contribution in [-0.2, 0) is 0 Å². The number of hydrogen-bond donors (Lipinski definition) is 1. The highest BCUT2D eigenvalue weighted by atomic mass is 79.9. The first kappa shape index (κ1) is 15.5. The molecule has 0 bridgehead atoms. The molecule has 1 heterocycles. The maximum absolute atomic E-state index is 12.5. The maximum Gasteiger partial charge on any atom is 0.390 e. The molecule has 0 aliphatic rings. The number of thiophene rings is 1. The first-order valence-electron chi connectivity index (χ1n) is 5.08. The molecule has 1 nitrogen and oxygen atoms in total. The second-order valence-corrected chi connectivity index (χ2v) is 7.35. The molecule has 1 aromatic rings. The van der Waals surface area contributed by atoms with Crippen LogP contribution in [-0.4, -0.2) is 12.7 Å². The van der Waals surface area contributed by atoms with Crippen molar-refractivity contribution in [2.45, 2.75) is 32.0 Å². The van der Waals surface area contributed by atoms with E-state index in [1.807, 2.05) is 6.92 Å². The number of rotatable bonds is 5. The van der Waals surface area contributed by atoms with Gasteiger partial charge in [0.25, 0.3) is 0 Å². The lowest BCUT2D eigenvalue weighted by atomic mass is 10.1. The van der Waals surface area contributed by atoms with E-state index in [0.717, 1.165) is 14.0 Å². The molecule has 0 spiro atoms. The van der Waals surface area contributed by atoms with Crippen molar-refractivity contribution in [3.05, 3.63) is 19.2 Å². The molecule has 7 heteroatoms. The second-order valence-electron chi connectivity index (χ2n) is 3.61. The quantitative estimate of drug-likeness (QED) is 0.717. The van der Waals surface area contributed by atoms with Crippen LogP contribution in [0.1, 0.15) is 31.4 Å². The number of hydrogen-bond acceptors (Lipinski definition) is 2. The Kier molecular flexibility index (Phi) is 5.95. The minimum atomic E-state index is -4.17. The molecule has 98 valence electrons. The van der Waals surface area contributed by atoms with Gasteiger partial charge < -0.3 is 5.32 Å². The van der Waals surface area contributed by atoms with Crippen LogP contribution in [0.4, 0.5) is 13.2 Å². The summed E-state index contributed by atoms with van der Waals surface area (Å²) in [5, 5.41) is 2.93. The van der Waals surface area contributed by atoms with E-state index >= 15 is 0 Å². The van der Waals surface area contributed by atoms with E-state index in [2.05, 4.69) is 37.2 Å². The Bertz CT molecular complexity index is 365. The highest BCUT2D eigenvalue weighted by molar-refractivity contribution is 9.12. The molecule has 0 saturated heterocycles. The summed E-state index contributed by atoms with van der Waals surface area (Å²) >= 11 is 7.96. The Morgan fingerprint density at radius 3 is 2.47 bits per heavy atom. The van der Waals surface area contributed by atoms with Crippen molar-refractivity contribution in [1.29, 1.82) is 0 Å². The third kappa shape index (κ3) is 5.28. The molecule has 0 aliphatic heterocycles. The van der Waals surface area contributed by atoms with Crippen molar-refractivity contribution < 1.29 is 13.2 Å². The lowest BCUT2D eigenvalue weighted by molar-refractivity contribution is -0.140. The maximum atomic E-state index is 12.5. The van der Waals surface area contributed by atoms with Crippen LogP contribution in [0.3, 0.4) is 0 Å². The van der Waals surface area contributed by atoms with Crippen LogP contribution >= 0.6 is 43.2 Å². The van der Waals surface area contributed by atoms with Gasteiger partial charge in [-0.05, 0) is 56.5 Å². The lowest BCUT2D eigenvalue weighted by Gasteiger charge is -2.19. The van der Waals surface area contributed by atoms with Crippen LogP contribution in [0.25, 0.3) is 0 Å². The molecule has 1 atom stereocenters. The van der Waals surface area contributed by atoms with Crippen molar-refractivity contribution in [2.24, 2.45) is 0 Å². The smallest absolute Gasteiger partial charge is 0.310 e. The Balaban J connectivity index is 2.85. The van der Waals surface area contributed by atoms with Crippen molar-refractivity contribution in [3.8, 4) is 0 Å². The van der Waals surface area contributed by atoms with Crippen LogP contribution in [0.15, 0.2) is 13.6 Å². The summed E-state index contributed by atoms with van der Waals surface area (Å²) in [6.45, 7) is 2.50. The van der Waals surface area contributed by atoms with Gasteiger partial charge in [0.15, 0.2) is 0 Å². The Hall–Kier alpha value is 0.410. The zero-order valence-electron chi connectivity index (χ0n) is 9.07. The summed E-state index contributed by atoms with van der Waals surface area (Å²) in [4.78, 5) is 0. The molecular weight excluding hydrogens is 383 g/mol. The molecule has 1 unspecified atom stereocenters. The number of nitrogens with one attached hydrogen (secondary N) is 1. The van der Waals surface area contributed by atoms with Crippen molar-refractivity contribution in [1.82, 2.24) is 5.32 Å². The van der Waals surface area contributed by atoms with Gasteiger partial charge in [-0.2, -0.15) is 13.2 Å². The Labute approximate surface area is 119 Å². The van der Waals surface area contributed by atoms with Crippen molar-refractivity contribution >= 4 is 43.2 Å². The molecule has 0 aromatic carbocycles. The molecule has 0 radical (unpaired) electrons. The van der Waals surface area contributed by atoms with E-state index in [-0.39, 0.29) is 0 Å². The van der Waals surface area contributed by atoms with Gasteiger partial charge in [0, 0.05) is 6.04 Å². The van der Waals surface area contributed by atoms with E-state index in [1.54, 1.807) is 6.07 Å². The second kappa shape index (κ2) is 6.54. The van der Waals surface area contributed by atoms with Crippen molar-refractivity contribution in [3.63, 3.8) is 0 Å². The molecule has 0 aliphatic carbocycles. The average molecular weight is 395 g/mol. The van der Waals surface area contributed by atoms with Gasteiger partial charge in [0.1, 0.15) is 0 Å². The summed E-state index contributed by atoms with van der Waals surface area (Å²) in [6.07, 6.45) is -4.22. The molecule has 17 heavy (non-hydrogen) atoms. The first-order chi connectivity index (χ1) is 7.83. The Morgan fingerprint density at radius 1 is 1.41 bits per heavy atom. The van der Waals surface area contributed by atoms with Crippen LogP contribution in [0.2, 0.25) is 0 Å². The van der Waals surface area contributed by atoms with Gasteiger partial charge in [-0.15, -0.1) is 11.3 Å². The minimum absolute atomic E-state index is 0.570. The fourth-order valence-corrected chi connectivity index (χ4v) is 4.41. The molecule has 1 N–H and O–H groups in total. The van der Waals surface area contributed by atoms with Crippen molar-refractivity contribution in [2.75, 3.05) is 6.54 Å². The third-order valence-electron chi connectivity index (χ3n) is 2.13. The normalized spacial score (nSPS) is 14.0. The van der Waals surface area contributed by atoms with E-state index in [9.17, 15) is 13.2 Å². The standard InChI is InChI=1S/C10H12Br2F3NS/c1-2-3-16-7(5-10(13,14)15)6-4-8(11)17-9(6)12/h4,7,16H,2-3,5H2,1H3. The molecule has 0 fully saturated rings. The summed E-state index contributed by atoms with van der Waals surface area (Å²) < 4.78 is 39.0. The highest BCUT2D eigenvalue weighted by Gasteiger charge is 2.33. The monoisotopic (exact) mass is 393 g/mol. The predicted molar refractivity (Wildman–Crippen MR) is 71.4 cm³/mol. The summed E-state index contributed by atoms with van der Waals surface area (Å²) in [6, 6.07) is 1.04. The fourth-order valence-electron chi connectivity index (χ4n) is 1.43. The SMILES string of the molecule is CCCNC(CC(F)(F)F)c1cc(Br)sc1Br. The third-order valence-corrected chi connectivity index (χ3v) is 4.52. The van der Waals surface area contributed by atoms with Crippen LogP contribution in [0.5, 0.6) is 0 Å². The largest absolute Gasteiger partial charge is 0.390 e. The lowest BCUT2D eigenvalue weighted by Crippen LogP contribution is -2.27. The topological polar surface area (TPSA) is 12.0 Å². The van der Waals surface area contributed by atoms with E-state index < -0.39 is 18.6 Å². The van der Waals surface area contributed by atoms with E-state index in [4.69, 9.17) is 0 Å². The summed E-state index contributed by atoms with van der Waals surface area (Å²) in [7, 11) is 0. The zero-order chi connectivity index (χ0) is 13.1. The highest BCUT2D eigenvalue weighted by Crippen LogP contribution is 2.39. The van der Waals surface area contributed by atoms with Crippen LogP contribution < -0.4 is 5.32 Å². The number of alkyl halides is 3. The zero-order valence-corrected chi connectivity index (χ0v) is 13.1. The van der Waals surface area contributed by atoms with Gasteiger partial charge in [-0.1, -0.05) is 6.92 Å². The van der Waals surface area contributed by atoms with E-state index in [0.29, 0.717) is 12.1 Å². The summed E-state index contributed by atoms with van der Waals surface area (Å²) in [5.41, 5.74) is 0.660. The van der Waals surface area contributed by atoms with Gasteiger partial charge >= 0.3 is 6.18 Å². The first-order valence-corrected chi connectivity index (χ1v) is 7.48. The van der Waals surface area contributed by atoms with Gasteiger partial charge in [0.2, 0.25) is 0 Å². The Morgan fingerprint density at radius 2 is 2.06 bits per heavy atom. The molecule has 1 rings (SSSR count). The molecule has 0 amide bonds. The summed E-state index contributed by atoms with van der Waals surface area (Å²) in [5.74, 6) is 0. The van der Waals surface area contributed by atoms with Gasteiger partial charge in [-0.3, -0.25) is 0 Å². The van der Waals surface area contributed by atoms with Gasteiger partial charge in [-0.25, -0.2) is 0 Å². The average Bonchev–Trinajstić information content (AvgIpc) is 2.50. The molecule has 1 aromatic heterocycles. The van der Waals surface area contributed by atoms with E-state index in [1.165, 1.54) is 11.3 Å². The predicted octanol–water partition coefficient (Wildman–Crippen LogP) is 5.27. The number of halogens is 5. The molecular formula is C10H12Br2F3NS. The molecule has 0 saturated carbocycles. The van der Waals surface area contributed by atoms with Crippen LogP contribution in [0, 0.1) is 0 Å². The fraction of sp³-hybridized carbons (Fsp3) is 0.600.